The van der Waals surface area contributed by atoms with Crippen molar-refractivity contribution in [3.63, 3.8) is 0 Å². The summed E-state index contributed by atoms with van der Waals surface area (Å²) in [6.45, 7) is 10.1. The largest absolute Gasteiger partial charge is 0.306 e. The fourth-order valence-corrected chi connectivity index (χ4v) is 6.90. The third-order valence-corrected chi connectivity index (χ3v) is 9.89. The van der Waals surface area contributed by atoms with Gasteiger partial charge < -0.3 is 5.41 Å². The summed E-state index contributed by atoms with van der Waals surface area (Å²) < 4.78 is 0. The standard InChI is InChI=1S/C54H44N4/c1-4-17-39(5-2)46-30-50(43-22-14-9-15-23-43)35-51(34-46)53(54(37-55)58-57-52-27-25-44(26-28-52)45-24-16-29-56-38-45)36-40(6-3)47-31-48(41-18-10-7-11-19-41)33-49(32-47)42-20-12-8-13-21-42/h4-38,55,57H,1-2H2,3H3/b39-17+,40-6+,53-36-,55-37?,58-54+. The van der Waals surface area contributed by atoms with Gasteiger partial charge >= 0.3 is 0 Å². The Bertz CT molecular complexity index is 2590. The van der Waals surface area contributed by atoms with Crippen molar-refractivity contribution in [2.45, 2.75) is 6.92 Å². The van der Waals surface area contributed by atoms with E-state index in [-0.39, 0.29) is 0 Å². The molecule has 0 amide bonds. The minimum atomic E-state index is 0.460. The normalized spacial score (nSPS) is 12.2. The summed E-state index contributed by atoms with van der Waals surface area (Å²) in [7, 11) is 0. The molecule has 7 rings (SSSR count). The fraction of sp³-hybridized carbons (Fsp3) is 0.0185. The lowest BCUT2D eigenvalue weighted by Gasteiger charge is -2.16. The van der Waals surface area contributed by atoms with E-state index in [4.69, 9.17) is 10.5 Å². The van der Waals surface area contributed by atoms with Gasteiger partial charge in [0.2, 0.25) is 0 Å². The summed E-state index contributed by atoms with van der Waals surface area (Å²) >= 11 is 0. The summed E-state index contributed by atoms with van der Waals surface area (Å²) in [5.74, 6) is 0. The van der Waals surface area contributed by atoms with E-state index in [0.29, 0.717) is 5.71 Å². The second-order valence-corrected chi connectivity index (χ2v) is 13.6. The van der Waals surface area contributed by atoms with E-state index in [9.17, 15) is 0 Å². The van der Waals surface area contributed by atoms with Gasteiger partial charge in [-0.25, -0.2) is 0 Å². The first-order chi connectivity index (χ1) is 28.6. The van der Waals surface area contributed by atoms with Gasteiger partial charge in [-0.1, -0.05) is 147 Å². The maximum atomic E-state index is 8.81. The Kier molecular flexibility index (Phi) is 12.5. The Morgan fingerprint density at radius 2 is 1.09 bits per heavy atom. The summed E-state index contributed by atoms with van der Waals surface area (Å²) in [5, 5.41) is 13.7. The molecule has 4 nitrogen and oxygen atoms in total. The molecule has 0 atom stereocenters. The summed E-state index contributed by atoms with van der Waals surface area (Å²) in [4.78, 5) is 4.27. The number of aromatic nitrogens is 1. The molecule has 0 fully saturated rings. The van der Waals surface area contributed by atoms with Gasteiger partial charge in [0.15, 0.2) is 0 Å². The highest BCUT2D eigenvalue weighted by molar-refractivity contribution is 6.50. The second kappa shape index (κ2) is 18.8. The molecule has 0 aliphatic heterocycles. The van der Waals surface area contributed by atoms with E-state index in [2.05, 4.69) is 140 Å². The van der Waals surface area contributed by atoms with Gasteiger partial charge in [-0.05, 0) is 140 Å². The molecule has 1 aromatic heterocycles. The number of rotatable bonds is 14. The Hall–Kier alpha value is -7.69. The Morgan fingerprint density at radius 3 is 1.59 bits per heavy atom. The lowest BCUT2D eigenvalue weighted by atomic mass is 9.88. The summed E-state index contributed by atoms with van der Waals surface area (Å²) in [6.07, 6.45) is 14.8. The molecule has 7 aromatic rings. The molecule has 0 unspecified atom stereocenters. The quantitative estimate of drug-likeness (QED) is 0.0661. The number of nitrogens with one attached hydrogen (secondary N) is 2. The highest BCUT2D eigenvalue weighted by Gasteiger charge is 2.16. The van der Waals surface area contributed by atoms with Crippen molar-refractivity contribution in [2.75, 3.05) is 5.43 Å². The average Bonchev–Trinajstić information content (AvgIpc) is 3.30. The fourth-order valence-electron chi connectivity index (χ4n) is 6.90. The molecular weight excluding hydrogens is 705 g/mol. The minimum absolute atomic E-state index is 0.460. The van der Waals surface area contributed by atoms with Crippen molar-refractivity contribution in [3.8, 4) is 44.5 Å². The van der Waals surface area contributed by atoms with Crippen molar-refractivity contribution < 1.29 is 0 Å². The van der Waals surface area contributed by atoms with Crippen LogP contribution in [0.5, 0.6) is 0 Å². The first-order valence-electron chi connectivity index (χ1n) is 19.2. The number of hydrogen-bond donors (Lipinski definition) is 2. The number of hydrogen-bond acceptors (Lipinski definition) is 4. The predicted molar refractivity (Wildman–Crippen MR) is 249 cm³/mol. The molecule has 6 aromatic carbocycles. The molecule has 2 N–H and O–H groups in total. The third kappa shape index (κ3) is 9.22. The van der Waals surface area contributed by atoms with Crippen molar-refractivity contribution >= 4 is 34.3 Å². The van der Waals surface area contributed by atoms with Crippen LogP contribution in [0.3, 0.4) is 0 Å². The zero-order valence-corrected chi connectivity index (χ0v) is 32.5. The van der Waals surface area contributed by atoms with E-state index >= 15 is 0 Å². The molecule has 0 radical (unpaired) electrons. The topological polar surface area (TPSA) is 61.1 Å². The molecule has 0 saturated carbocycles. The van der Waals surface area contributed by atoms with E-state index in [1.165, 1.54) is 6.21 Å². The van der Waals surface area contributed by atoms with Crippen LogP contribution in [0.25, 0.3) is 61.2 Å². The molecular formula is C54H44N4. The van der Waals surface area contributed by atoms with Crippen LogP contribution < -0.4 is 5.43 Å². The van der Waals surface area contributed by atoms with Crippen LogP contribution in [-0.4, -0.2) is 16.9 Å². The lowest BCUT2D eigenvalue weighted by Crippen LogP contribution is -2.08. The number of anilines is 1. The number of hydrazone groups is 1. The maximum absolute atomic E-state index is 8.81. The number of allylic oxidation sites excluding steroid dienone is 8. The highest BCUT2D eigenvalue weighted by Crippen LogP contribution is 2.35. The summed E-state index contributed by atoms with van der Waals surface area (Å²) in [6, 6.07) is 56.5. The van der Waals surface area contributed by atoms with E-state index < -0.39 is 0 Å². The maximum Gasteiger partial charge on any atom is 0.109 e. The molecule has 1 heterocycles. The monoisotopic (exact) mass is 748 g/mol. The zero-order valence-electron chi connectivity index (χ0n) is 32.5. The van der Waals surface area contributed by atoms with Gasteiger partial charge in [0.25, 0.3) is 0 Å². The molecule has 0 aliphatic rings. The molecule has 280 valence electrons. The van der Waals surface area contributed by atoms with Gasteiger partial charge in [0.1, 0.15) is 5.71 Å². The Balaban J connectivity index is 1.41. The first-order valence-corrected chi connectivity index (χ1v) is 19.2. The number of pyridine rings is 1. The van der Waals surface area contributed by atoms with Gasteiger partial charge in [-0.2, -0.15) is 5.10 Å². The number of benzene rings is 6. The lowest BCUT2D eigenvalue weighted by molar-refractivity contribution is 1.32. The Labute approximate surface area is 341 Å². The zero-order chi connectivity index (χ0) is 40.1. The molecule has 0 saturated heterocycles. The van der Waals surface area contributed by atoms with Crippen LogP contribution in [0.15, 0.2) is 225 Å². The van der Waals surface area contributed by atoms with Crippen molar-refractivity contribution in [1.82, 2.24) is 4.98 Å². The van der Waals surface area contributed by atoms with Crippen LogP contribution in [0.2, 0.25) is 0 Å². The Morgan fingerprint density at radius 1 is 0.569 bits per heavy atom. The molecule has 0 spiro atoms. The minimum Gasteiger partial charge on any atom is -0.306 e. The SMILES string of the molecule is C=C/C=C(\C=C)c1cc(C(=C/C(=C\C)c2cc(-c3ccccc3)cc(-c3ccccc3)c2)/C(C=N)=N/Nc2ccc(-c3cccnc3)cc2)cc(-c2ccccc2)c1. The molecule has 58 heavy (non-hydrogen) atoms. The predicted octanol–water partition coefficient (Wildman–Crippen LogP) is 14.1. The second-order valence-electron chi connectivity index (χ2n) is 13.6. The molecule has 0 bridgehead atoms. The van der Waals surface area contributed by atoms with E-state index in [1.54, 1.807) is 12.3 Å². The first kappa shape index (κ1) is 38.6. The summed E-state index contributed by atoms with van der Waals surface area (Å²) in [5.41, 5.74) is 18.8. The van der Waals surface area contributed by atoms with Gasteiger partial charge in [0, 0.05) is 24.2 Å². The van der Waals surface area contributed by atoms with Gasteiger partial charge in [0.05, 0.1) is 5.69 Å². The number of nitrogens with zero attached hydrogens (tertiary/aromatic N) is 2. The van der Waals surface area contributed by atoms with E-state index in [0.717, 1.165) is 83.6 Å². The molecule has 4 heteroatoms. The van der Waals surface area contributed by atoms with Crippen molar-refractivity contribution in [1.29, 1.82) is 5.41 Å². The van der Waals surface area contributed by atoms with Crippen molar-refractivity contribution in [2.24, 2.45) is 5.10 Å². The van der Waals surface area contributed by atoms with Crippen LogP contribution >= 0.6 is 0 Å². The van der Waals surface area contributed by atoms with Crippen LogP contribution in [0.1, 0.15) is 23.6 Å². The smallest absolute Gasteiger partial charge is 0.109 e. The van der Waals surface area contributed by atoms with Crippen LogP contribution in [0, 0.1) is 5.41 Å². The van der Waals surface area contributed by atoms with E-state index in [1.807, 2.05) is 85.1 Å². The molecule has 0 aliphatic carbocycles. The van der Waals surface area contributed by atoms with Gasteiger partial charge in [-0.15, -0.1) is 0 Å². The average molecular weight is 749 g/mol. The van der Waals surface area contributed by atoms with Gasteiger partial charge in [-0.3, -0.25) is 10.4 Å². The third-order valence-electron chi connectivity index (χ3n) is 9.89. The van der Waals surface area contributed by atoms with Crippen LogP contribution in [0.4, 0.5) is 5.69 Å². The van der Waals surface area contributed by atoms with Crippen LogP contribution in [-0.2, 0) is 0 Å². The highest BCUT2D eigenvalue weighted by atomic mass is 15.3. The van der Waals surface area contributed by atoms with Crippen molar-refractivity contribution in [3.05, 3.63) is 236 Å².